The molecule has 2 aromatic carbocycles. The molecule has 0 amide bonds. The lowest BCUT2D eigenvalue weighted by Crippen LogP contribution is -2.05. The number of phenols is 1. The summed E-state index contributed by atoms with van der Waals surface area (Å²) in [6.07, 6.45) is 5.32. The number of hydrogen-bond acceptors (Lipinski definition) is 5. The van der Waals surface area contributed by atoms with Crippen molar-refractivity contribution in [3.63, 3.8) is 0 Å². The zero-order valence-electron chi connectivity index (χ0n) is 17.7. The highest BCUT2D eigenvalue weighted by Crippen LogP contribution is 2.30. The molecule has 0 saturated heterocycles. The Labute approximate surface area is 175 Å². The Balaban J connectivity index is 1.88. The van der Waals surface area contributed by atoms with Crippen molar-refractivity contribution in [3.8, 4) is 28.4 Å². The van der Waals surface area contributed by atoms with Gasteiger partial charge in [0.25, 0.3) is 0 Å². The molecule has 0 aliphatic heterocycles. The van der Waals surface area contributed by atoms with E-state index in [9.17, 15) is 9.90 Å². The normalized spacial score (nSPS) is 10.5. The molecular weight excluding hydrogens is 380 g/mol. The molecule has 0 fully saturated rings. The van der Waals surface area contributed by atoms with E-state index < -0.39 is 0 Å². The summed E-state index contributed by atoms with van der Waals surface area (Å²) in [6, 6.07) is 10.2. The zero-order valence-corrected chi connectivity index (χ0v) is 17.7. The third kappa shape index (κ3) is 5.11. The fourth-order valence-corrected chi connectivity index (χ4v) is 2.83. The summed E-state index contributed by atoms with van der Waals surface area (Å²) in [5.41, 5.74) is 3.34. The first-order valence-corrected chi connectivity index (χ1v) is 9.76. The summed E-state index contributed by atoms with van der Waals surface area (Å²) in [6.45, 7) is 8.84. The van der Waals surface area contributed by atoms with Gasteiger partial charge in [-0.1, -0.05) is 23.3 Å². The molecule has 1 heterocycles. The van der Waals surface area contributed by atoms with Crippen LogP contribution in [0.1, 0.15) is 27.7 Å². The minimum Gasteiger partial charge on any atom is -0.507 e. The van der Waals surface area contributed by atoms with Crippen molar-refractivity contribution in [2.45, 2.75) is 27.7 Å². The molecule has 0 atom stereocenters. The third-order valence-corrected chi connectivity index (χ3v) is 4.48. The van der Waals surface area contributed by atoms with Crippen LogP contribution in [0.15, 0.2) is 75.2 Å². The first-order chi connectivity index (χ1) is 14.3. The molecule has 1 aromatic heterocycles. The number of allylic oxidation sites excluding steroid dienone is 2. The van der Waals surface area contributed by atoms with Gasteiger partial charge in [0.05, 0.1) is 5.56 Å². The van der Waals surface area contributed by atoms with Crippen LogP contribution in [-0.2, 0) is 0 Å². The Hall–Kier alpha value is -3.47. The predicted octanol–water partition coefficient (Wildman–Crippen LogP) is 5.86. The van der Waals surface area contributed by atoms with E-state index in [2.05, 4.69) is 0 Å². The van der Waals surface area contributed by atoms with E-state index in [1.165, 1.54) is 17.9 Å². The maximum Gasteiger partial charge on any atom is 0.204 e. The van der Waals surface area contributed by atoms with Crippen LogP contribution in [0.2, 0.25) is 0 Å². The fourth-order valence-electron chi connectivity index (χ4n) is 2.83. The minimum absolute atomic E-state index is 0.131. The summed E-state index contributed by atoms with van der Waals surface area (Å²) in [5.74, 6) is 0.977. The van der Waals surface area contributed by atoms with Crippen molar-refractivity contribution < 1.29 is 19.0 Å². The molecule has 5 nitrogen and oxygen atoms in total. The lowest BCUT2D eigenvalue weighted by Gasteiger charge is -2.09. The molecular formula is C25H26O5. The van der Waals surface area contributed by atoms with E-state index >= 15 is 0 Å². The third-order valence-electron chi connectivity index (χ3n) is 4.48. The van der Waals surface area contributed by atoms with Gasteiger partial charge in [-0.2, -0.15) is 0 Å². The number of benzene rings is 2. The smallest absolute Gasteiger partial charge is 0.204 e. The summed E-state index contributed by atoms with van der Waals surface area (Å²) in [7, 11) is 0. The molecule has 0 spiro atoms. The molecule has 5 heteroatoms. The van der Waals surface area contributed by atoms with Crippen LogP contribution in [0.3, 0.4) is 0 Å². The highest BCUT2D eigenvalue weighted by molar-refractivity contribution is 5.88. The van der Waals surface area contributed by atoms with Crippen LogP contribution >= 0.6 is 0 Å². The van der Waals surface area contributed by atoms with Gasteiger partial charge in [0.1, 0.15) is 47.7 Å². The highest BCUT2D eigenvalue weighted by Gasteiger charge is 2.14. The molecule has 0 unspecified atom stereocenters. The Morgan fingerprint density at radius 3 is 2.13 bits per heavy atom. The Morgan fingerprint density at radius 2 is 1.53 bits per heavy atom. The van der Waals surface area contributed by atoms with Gasteiger partial charge in [-0.05, 0) is 57.5 Å². The fraction of sp³-hybridized carbons (Fsp3) is 0.240. The van der Waals surface area contributed by atoms with Crippen molar-refractivity contribution >= 4 is 11.0 Å². The molecule has 0 saturated carbocycles. The number of fused-ring (bicyclic) bond motifs is 1. The molecule has 0 radical (unpaired) electrons. The molecule has 3 rings (SSSR count). The van der Waals surface area contributed by atoms with E-state index in [0.717, 1.165) is 5.57 Å². The summed E-state index contributed by atoms with van der Waals surface area (Å²) >= 11 is 0. The predicted molar refractivity (Wildman–Crippen MR) is 119 cm³/mol. The summed E-state index contributed by atoms with van der Waals surface area (Å²) in [5, 5.41) is 10.5. The number of hydrogen-bond donors (Lipinski definition) is 1. The second-order valence-corrected chi connectivity index (χ2v) is 7.50. The van der Waals surface area contributed by atoms with Crippen molar-refractivity contribution in [2.75, 3.05) is 13.2 Å². The van der Waals surface area contributed by atoms with E-state index in [0.29, 0.717) is 35.8 Å². The van der Waals surface area contributed by atoms with Crippen LogP contribution in [0.25, 0.3) is 22.1 Å². The van der Waals surface area contributed by atoms with Gasteiger partial charge in [0.2, 0.25) is 5.43 Å². The molecule has 0 aliphatic rings. The molecule has 1 N–H and O–H groups in total. The van der Waals surface area contributed by atoms with Crippen molar-refractivity contribution in [1.82, 2.24) is 0 Å². The van der Waals surface area contributed by atoms with Crippen LogP contribution in [-0.4, -0.2) is 18.3 Å². The van der Waals surface area contributed by atoms with Crippen LogP contribution in [0.5, 0.6) is 17.2 Å². The minimum atomic E-state index is -0.303. The van der Waals surface area contributed by atoms with E-state index in [-0.39, 0.29) is 22.1 Å². The maximum atomic E-state index is 13.0. The maximum absolute atomic E-state index is 13.0. The van der Waals surface area contributed by atoms with E-state index in [1.807, 2.05) is 39.8 Å². The SMILES string of the molecule is CC(C)=CCOc1ccc(-c2coc3cc(OCC=C(C)C)cc(O)c3c2=O)cc1. The topological polar surface area (TPSA) is 68.9 Å². The Kier molecular flexibility index (Phi) is 6.62. The molecule has 0 aliphatic carbocycles. The van der Waals surface area contributed by atoms with Gasteiger partial charge in [-0.15, -0.1) is 0 Å². The van der Waals surface area contributed by atoms with Gasteiger partial charge in [-0.3, -0.25) is 4.79 Å². The number of phenolic OH excluding ortho intramolecular Hbond substituents is 1. The first-order valence-electron chi connectivity index (χ1n) is 9.76. The molecule has 3 aromatic rings. The van der Waals surface area contributed by atoms with Crippen molar-refractivity contribution in [2.24, 2.45) is 0 Å². The largest absolute Gasteiger partial charge is 0.507 e. The average molecular weight is 406 g/mol. The summed E-state index contributed by atoms with van der Waals surface area (Å²) < 4.78 is 16.9. The van der Waals surface area contributed by atoms with Gasteiger partial charge in [0.15, 0.2) is 0 Å². The second-order valence-electron chi connectivity index (χ2n) is 7.50. The molecule has 156 valence electrons. The number of aromatic hydroxyl groups is 1. The van der Waals surface area contributed by atoms with Crippen LogP contribution in [0, 0.1) is 0 Å². The van der Waals surface area contributed by atoms with Gasteiger partial charge in [0, 0.05) is 12.1 Å². The monoisotopic (exact) mass is 406 g/mol. The summed E-state index contributed by atoms with van der Waals surface area (Å²) in [4.78, 5) is 13.0. The van der Waals surface area contributed by atoms with Crippen molar-refractivity contribution in [3.05, 3.63) is 76.2 Å². The quantitative estimate of drug-likeness (QED) is 0.498. The Morgan fingerprint density at radius 1 is 0.933 bits per heavy atom. The molecule has 30 heavy (non-hydrogen) atoms. The van der Waals surface area contributed by atoms with Gasteiger partial charge >= 0.3 is 0 Å². The molecule has 0 bridgehead atoms. The van der Waals surface area contributed by atoms with Crippen molar-refractivity contribution in [1.29, 1.82) is 0 Å². The van der Waals surface area contributed by atoms with Gasteiger partial charge in [-0.25, -0.2) is 0 Å². The lowest BCUT2D eigenvalue weighted by molar-refractivity contribution is 0.358. The Bertz CT molecular complexity index is 1140. The number of rotatable bonds is 7. The van der Waals surface area contributed by atoms with E-state index in [4.69, 9.17) is 13.9 Å². The average Bonchev–Trinajstić information content (AvgIpc) is 2.68. The number of ether oxygens (including phenoxy) is 2. The standard InChI is InChI=1S/C25H26O5/c1-16(2)9-11-28-19-7-5-18(6-8-19)21-15-30-23-14-20(29-12-10-17(3)4)13-22(26)24(23)25(21)27/h5-10,13-15,26H,11-12H2,1-4H3. The zero-order chi connectivity index (χ0) is 21.7. The van der Waals surface area contributed by atoms with Gasteiger partial charge < -0.3 is 19.0 Å². The first kappa shape index (κ1) is 21.2. The second kappa shape index (κ2) is 9.35. The van der Waals surface area contributed by atoms with Crippen LogP contribution < -0.4 is 14.9 Å². The van der Waals surface area contributed by atoms with E-state index in [1.54, 1.807) is 30.3 Å². The highest BCUT2D eigenvalue weighted by atomic mass is 16.5. The lowest BCUT2D eigenvalue weighted by atomic mass is 10.0. The van der Waals surface area contributed by atoms with Crippen LogP contribution in [0.4, 0.5) is 0 Å².